The van der Waals surface area contributed by atoms with Gasteiger partial charge in [0.1, 0.15) is 0 Å². The molecule has 96 valence electrons. The Labute approximate surface area is 104 Å². The van der Waals surface area contributed by atoms with Gasteiger partial charge in [-0.15, -0.1) is 0 Å². The Morgan fingerprint density at radius 3 is 2.24 bits per heavy atom. The van der Waals surface area contributed by atoms with Crippen LogP contribution in [0.2, 0.25) is 0 Å². The summed E-state index contributed by atoms with van der Waals surface area (Å²) in [6, 6.07) is 0. The maximum Gasteiger partial charge on any atom is 0.222 e. The van der Waals surface area contributed by atoms with E-state index in [1.54, 1.807) is 0 Å². The lowest BCUT2D eigenvalue weighted by Gasteiger charge is -2.21. The number of fused-ring (bicyclic) bond motifs is 1. The summed E-state index contributed by atoms with van der Waals surface area (Å²) in [4.78, 5) is 16.8. The first kappa shape index (κ1) is 11.5. The highest BCUT2D eigenvalue weighted by Crippen LogP contribution is 2.32. The van der Waals surface area contributed by atoms with Crippen molar-refractivity contribution in [3.8, 4) is 0 Å². The highest BCUT2D eigenvalue weighted by atomic mass is 16.2. The van der Waals surface area contributed by atoms with E-state index >= 15 is 0 Å². The number of hydrogen-bond donors (Lipinski definition) is 0. The molecule has 1 amide bonds. The molecule has 0 aromatic carbocycles. The summed E-state index contributed by atoms with van der Waals surface area (Å²) < 4.78 is 0. The molecule has 2 unspecified atom stereocenters. The fraction of sp³-hybridized carbons (Fsp3) is 0.929. The van der Waals surface area contributed by atoms with Gasteiger partial charge in [0, 0.05) is 32.6 Å². The first-order chi connectivity index (χ1) is 8.22. The summed E-state index contributed by atoms with van der Waals surface area (Å²) in [6.45, 7) is 4.44. The Balaban J connectivity index is 1.51. The molecule has 0 bridgehead atoms. The third-order valence-corrected chi connectivity index (χ3v) is 4.96. The molecule has 0 aromatic heterocycles. The average Bonchev–Trinajstić information content (AvgIpc) is 2.92. The van der Waals surface area contributed by atoms with E-state index in [9.17, 15) is 4.79 Å². The zero-order valence-electron chi connectivity index (χ0n) is 10.9. The van der Waals surface area contributed by atoms with Crippen LogP contribution in [0, 0.1) is 17.8 Å². The highest BCUT2D eigenvalue weighted by Gasteiger charge is 2.40. The summed E-state index contributed by atoms with van der Waals surface area (Å²) in [7, 11) is 2.20. The quantitative estimate of drug-likeness (QED) is 0.727. The molecular formula is C14H24N2O. The van der Waals surface area contributed by atoms with Crippen molar-refractivity contribution in [1.29, 1.82) is 0 Å². The van der Waals surface area contributed by atoms with Crippen molar-refractivity contribution >= 4 is 5.91 Å². The molecule has 0 radical (unpaired) electrons. The molecule has 3 rings (SSSR count). The SMILES string of the molecule is CN1CC2CN(C(=O)CC3CCCC3)CC2C1. The van der Waals surface area contributed by atoms with Gasteiger partial charge in [-0.05, 0) is 37.6 Å². The molecular weight excluding hydrogens is 212 g/mol. The molecule has 1 aliphatic carbocycles. The van der Waals surface area contributed by atoms with Crippen molar-refractivity contribution in [2.75, 3.05) is 33.2 Å². The minimum atomic E-state index is 0.439. The van der Waals surface area contributed by atoms with E-state index in [4.69, 9.17) is 0 Å². The maximum absolute atomic E-state index is 12.2. The third kappa shape index (κ3) is 2.35. The van der Waals surface area contributed by atoms with Gasteiger partial charge < -0.3 is 9.80 Å². The number of amides is 1. The van der Waals surface area contributed by atoms with E-state index < -0.39 is 0 Å². The van der Waals surface area contributed by atoms with Crippen LogP contribution in [0.15, 0.2) is 0 Å². The molecule has 2 heterocycles. The standard InChI is InChI=1S/C14H24N2O/c1-15-7-12-9-16(10-13(12)8-15)14(17)6-11-4-2-3-5-11/h11-13H,2-10H2,1H3. The van der Waals surface area contributed by atoms with E-state index in [0.717, 1.165) is 31.3 Å². The third-order valence-electron chi connectivity index (χ3n) is 4.96. The molecule has 0 spiro atoms. The zero-order valence-corrected chi connectivity index (χ0v) is 10.9. The number of carbonyl (C=O) groups is 1. The number of carbonyl (C=O) groups excluding carboxylic acids is 1. The van der Waals surface area contributed by atoms with Gasteiger partial charge in [-0.1, -0.05) is 12.8 Å². The van der Waals surface area contributed by atoms with Gasteiger partial charge in [0.25, 0.3) is 0 Å². The van der Waals surface area contributed by atoms with Crippen LogP contribution in [-0.4, -0.2) is 48.9 Å². The second-order valence-electron chi connectivity index (χ2n) is 6.39. The molecule has 3 heteroatoms. The minimum Gasteiger partial charge on any atom is -0.342 e. The topological polar surface area (TPSA) is 23.6 Å². The van der Waals surface area contributed by atoms with Crippen molar-refractivity contribution in [1.82, 2.24) is 9.80 Å². The number of nitrogens with zero attached hydrogens (tertiary/aromatic N) is 2. The lowest BCUT2D eigenvalue weighted by atomic mass is 10.0. The van der Waals surface area contributed by atoms with Gasteiger partial charge in [0.05, 0.1) is 0 Å². The molecule has 2 aliphatic heterocycles. The van der Waals surface area contributed by atoms with Crippen molar-refractivity contribution in [3.63, 3.8) is 0 Å². The fourth-order valence-corrected chi connectivity index (χ4v) is 4.02. The van der Waals surface area contributed by atoms with Crippen LogP contribution in [0.4, 0.5) is 0 Å². The van der Waals surface area contributed by atoms with Crippen molar-refractivity contribution in [2.24, 2.45) is 17.8 Å². The highest BCUT2D eigenvalue weighted by molar-refractivity contribution is 5.76. The normalized spacial score (nSPS) is 34.5. The summed E-state index contributed by atoms with van der Waals surface area (Å²) in [6.07, 6.45) is 6.08. The first-order valence-electron chi connectivity index (χ1n) is 7.18. The number of hydrogen-bond acceptors (Lipinski definition) is 2. The largest absolute Gasteiger partial charge is 0.342 e. The van der Waals surface area contributed by atoms with Gasteiger partial charge in [-0.2, -0.15) is 0 Å². The predicted molar refractivity (Wildman–Crippen MR) is 67.6 cm³/mol. The molecule has 1 saturated carbocycles. The Morgan fingerprint density at radius 2 is 1.65 bits per heavy atom. The predicted octanol–water partition coefficient (Wildman–Crippen LogP) is 1.59. The van der Waals surface area contributed by atoms with Crippen LogP contribution in [0.1, 0.15) is 32.1 Å². The molecule has 3 aliphatic rings. The van der Waals surface area contributed by atoms with Crippen molar-refractivity contribution in [2.45, 2.75) is 32.1 Å². The van der Waals surface area contributed by atoms with Gasteiger partial charge in [-0.25, -0.2) is 0 Å². The van der Waals surface area contributed by atoms with Gasteiger partial charge >= 0.3 is 0 Å². The molecule has 0 aromatic rings. The van der Waals surface area contributed by atoms with Crippen LogP contribution in [0.5, 0.6) is 0 Å². The molecule has 3 nitrogen and oxygen atoms in total. The Bertz CT molecular complexity index is 285. The van der Waals surface area contributed by atoms with E-state index in [1.807, 2.05) is 0 Å². The molecule has 2 saturated heterocycles. The van der Waals surface area contributed by atoms with Crippen LogP contribution < -0.4 is 0 Å². The summed E-state index contributed by atoms with van der Waals surface area (Å²) in [5.74, 6) is 2.65. The summed E-state index contributed by atoms with van der Waals surface area (Å²) >= 11 is 0. The maximum atomic E-state index is 12.2. The van der Waals surface area contributed by atoms with Crippen LogP contribution in [-0.2, 0) is 4.79 Å². The molecule has 0 N–H and O–H groups in total. The Morgan fingerprint density at radius 1 is 1.06 bits per heavy atom. The van der Waals surface area contributed by atoms with E-state index in [0.29, 0.717) is 11.8 Å². The van der Waals surface area contributed by atoms with Gasteiger partial charge in [-0.3, -0.25) is 4.79 Å². The van der Waals surface area contributed by atoms with Crippen molar-refractivity contribution in [3.05, 3.63) is 0 Å². The van der Waals surface area contributed by atoms with E-state index in [-0.39, 0.29) is 0 Å². The molecule has 2 atom stereocenters. The minimum absolute atomic E-state index is 0.439. The average molecular weight is 236 g/mol. The smallest absolute Gasteiger partial charge is 0.222 e. The Hall–Kier alpha value is -0.570. The van der Waals surface area contributed by atoms with Crippen LogP contribution in [0.3, 0.4) is 0 Å². The Kier molecular flexibility index (Phi) is 3.12. The van der Waals surface area contributed by atoms with E-state index in [1.165, 1.54) is 38.8 Å². The monoisotopic (exact) mass is 236 g/mol. The summed E-state index contributed by atoms with van der Waals surface area (Å²) in [5, 5.41) is 0. The summed E-state index contributed by atoms with van der Waals surface area (Å²) in [5.41, 5.74) is 0. The number of likely N-dealkylation sites (tertiary alicyclic amines) is 2. The van der Waals surface area contributed by atoms with Gasteiger partial charge in [0.15, 0.2) is 0 Å². The second kappa shape index (κ2) is 4.60. The molecule has 3 fully saturated rings. The first-order valence-corrected chi connectivity index (χ1v) is 7.18. The van der Waals surface area contributed by atoms with Gasteiger partial charge in [0.2, 0.25) is 5.91 Å². The molecule has 17 heavy (non-hydrogen) atoms. The van der Waals surface area contributed by atoms with Crippen LogP contribution in [0.25, 0.3) is 0 Å². The van der Waals surface area contributed by atoms with Crippen molar-refractivity contribution < 1.29 is 4.79 Å². The lowest BCUT2D eigenvalue weighted by molar-refractivity contribution is -0.131. The zero-order chi connectivity index (χ0) is 11.8. The van der Waals surface area contributed by atoms with Crippen LogP contribution >= 0.6 is 0 Å². The second-order valence-corrected chi connectivity index (χ2v) is 6.39. The number of rotatable bonds is 2. The lowest BCUT2D eigenvalue weighted by Crippen LogP contribution is -2.33. The fourth-order valence-electron chi connectivity index (χ4n) is 4.02. The van der Waals surface area contributed by atoms with E-state index in [2.05, 4.69) is 16.8 Å².